The molecule has 18 heavy (non-hydrogen) atoms. The molecule has 0 aliphatic heterocycles. The van der Waals surface area contributed by atoms with Gasteiger partial charge in [-0.05, 0) is 29.9 Å². The van der Waals surface area contributed by atoms with Gasteiger partial charge in [-0.1, -0.05) is 13.8 Å². The number of aromatic nitrogens is 2. The van der Waals surface area contributed by atoms with E-state index in [-0.39, 0.29) is 0 Å². The first-order chi connectivity index (χ1) is 8.67. The van der Waals surface area contributed by atoms with E-state index < -0.39 is 0 Å². The molecule has 2 aromatic heterocycles. The van der Waals surface area contributed by atoms with E-state index in [2.05, 4.69) is 35.7 Å². The molecule has 0 aliphatic carbocycles. The van der Waals surface area contributed by atoms with Crippen LogP contribution in [0.3, 0.4) is 0 Å². The smallest absolute Gasteiger partial charge is 0.148 e. The van der Waals surface area contributed by atoms with E-state index in [4.69, 9.17) is 5.73 Å². The van der Waals surface area contributed by atoms with Crippen molar-refractivity contribution >= 4 is 22.8 Å². The summed E-state index contributed by atoms with van der Waals surface area (Å²) >= 11 is 1.78. The van der Waals surface area contributed by atoms with Crippen LogP contribution in [0.25, 0.3) is 0 Å². The van der Waals surface area contributed by atoms with Gasteiger partial charge in [0.15, 0.2) is 0 Å². The van der Waals surface area contributed by atoms with Crippen LogP contribution in [0.4, 0.5) is 11.5 Å². The standard InChI is InChI=1S/C13H20N4S/c1-4-9-6-7-18-11(9)8-15-13-12(14)10(5-2)16-17(13)3/h6-7,15H,4-5,8,14H2,1-3H3. The third kappa shape index (κ3) is 2.36. The molecule has 3 N–H and O–H groups in total. The fraction of sp³-hybridized carbons (Fsp3) is 0.462. The van der Waals surface area contributed by atoms with Gasteiger partial charge in [-0.25, -0.2) is 0 Å². The zero-order valence-electron chi connectivity index (χ0n) is 11.2. The first-order valence-corrected chi connectivity index (χ1v) is 7.15. The van der Waals surface area contributed by atoms with Gasteiger partial charge in [0, 0.05) is 11.9 Å². The van der Waals surface area contributed by atoms with Crippen LogP contribution >= 0.6 is 11.3 Å². The minimum atomic E-state index is 0.773. The van der Waals surface area contributed by atoms with Crippen molar-refractivity contribution in [1.29, 1.82) is 0 Å². The van der Waals surface area contributed by atoms with E-state index in [1.807, 2.05) is 11.7 Å². The number of nitrogens with zero attached hydrogens (tertiary/aromatic N) is 2. The molecular formula is C13H20N4S. The Kier molecular flexibility index (Phi) is 3.91. The van der Waals surface area contributed by atoms with Crippen molar-refractivity contribution in [3.05, 3.63) is 27.6 Å². The second-order valence-electron chi connectivity index (χ2n) is 4.26. The maximum Gasteiger partial charge on any atom is 0.148 e. The van der Waals surface area contributed by atoms with Gasteiger partial charge in [-0.3, -0.25) is 4.68 Å². The first kappa shape index (κ1) is 13.0. The summed E-state index contributed by atoms with van der Waals surface area (Å²) in [5, 5.41) is 9.94. The van der Waals surface area contributed by atoms with Gasteiger partial charge in [0.25, 0.3) is 0 Å². The van der Waals surface area contributed by atoms with E-state index in [0.29, 0.717) is 0 Å². The van der Waals surface area contributed by atoms with Crippen LogP contribution in [0.1, 0.15) is 30.0 Å². The molecule has 0 amide bonds. The van der Waals surface area contributed by atoms with Crippen LogP contribution in [0.5, 0.6) is 0 Å². The predicted octanol–water partition coefficient (Wildman–Crippen LogP) is 2.80. The lowest BCUT2D eigenvalue weighted by Crippen LogP contribution is -2.06. The number of nitrogen functional groups attached to an aromatic ring is 1. The monoisotopic (exact) mass is 264 g/mol. The second-order valence-corrected chi connectivity index (χ2v) is 5.26. The van der Waals surface area contributed by atoms with Gasteiger partial charge in [0.05, 0.1) is 17.9 Å². The molecule has 0 radical (unpaired) electrons. The number of nitrogens with two attached hydrogens (primary N) is 1. The maximum atomic E-state index is 6.08. The lowest BCUT2D eigenvalue weighted by molar-refractivity contribution is 0.748. The van der Waals surface area contributed by atoms with Crippen LogP contribution in [-0.2, 0) is 26.4 Å². The van der Waals surface area contributed by atoms with E-state index in [0.717, 1.165) is 36.6 Å². The largest absolute Gasteiger partial charge is 0.394 e. The minimum absolute atomic E-state index is 0.773. The Hall–Kier alpha value is -1.49. The number of nitrogens with one attached hydrogen (secondary N) is 1. The molecule has 0 saturated carbocycles. The number of anilines is 2. The third-order valence-corrected chi connectivity index (χ3v) is 4.09. The Balaban J connectivity index is 2.13. The van der Waals surface area contributed by atoms with E-state index >= 15 is 0 Å². The lowest BCUT2D eigenvalue weighted by atomic mass is 10.2. The van der Waals surface area contributed by atoms with Crippen molar-refractivity contribution in [2.75, 3.05) is 11.1 Å². The molecule has 0 aliphatic rings. The van der Waals surface area contributed by atoms with Gasteiger partial charge < -0.3 is 11.1 Å². The fourth-order valence-electron chi connectivity index (χ4n) is 2.07. The number of thiophene rings is 1. The van der Waals surface area contributed by atoms with Gasteiger partial charge in [-0.15, -0.1) is 11.3 Å². The summed E-state index contributed by atoms with van der Waals surface area (Å²) in [5.74, 6) is 0.919. The van der Waals surface area contributed by atoms with Crippen LogP contribution in [0, 0.1) is 0 Å². The average molecular weight is 264 g/mol. The highest BCUT2D eigenvalue weighted by atomic mass is 32.1. The van der Waals surface area contributed by atoms with Crippen molar-refractivity contribution in [3.8, 4) is 0 Å². The number of hydrogen-bond acceptors (Lipinski definition) is 4. The van der Waals surface area contributed by atoms with Gasteiger partial charge in [0.2, 0.25) is 0 Å². The van der Waals surface area contributed by atoms with Gasteiger partial charge in [-0.2, -0.15) is 5.10 Å². The van der Waals surface area contributed by atoms with Crippen LogP contribution in [0.15, 0.2) is 11.4 Å². The number of rotatable bonds is 5. The molecule has 0 fully saturated rings. The summed E-state index contributed by atoms with van der Waals surface area (Å²) in [6.07, 6.45) is 1.93. The third-order valence-electron chi connectivity index (χ3n) is 3.13. The number of aryl methyl sites for hydroxylation is 3. The van der Waals surface area contributed by atoms with E-state index in [1.54, 1.807) is 11.3 Å². The quantitative estimate of drug-likeness (QED) is 0.873. The second kappa shape index (κ2) is 5.44. The Labute approximate surface area is 112 Å². The topological polar surface area (TPSA) is 55.9 Å². The van der Waals surface area contributed by atoms with Crippen molar-refractivity contribution in [2.45, 2.75) is 33.2 Å². The molecule has 0 spiro atoms. The predicted molar refractivity (Wildman–Crippen MR) is 78.0 cm³/mol. The molecule has 0 aromatic carbocycles. The summed E-state index contributed by atoms with van der Waals surface area (Å²) in [6.45, 7) is 5.06. The SMILES string of the molecule is CCc1ccsc1CNc1c(N)c(CC)nn1C. The maximum absolute atomic E-state index is 6.08. The van der Waals surface area contributed by atoms with Gasteiger partial charge in [0.1, 0.15) is 5.82 Å². The zero-order chi connectivity index (χ0) is 13.1. The summed E-state index contributed by atoms with van der Waals surface area (Å²) in [6, 6.07) is 2.19. The molecule has 4 nitrogen and oxygen atoms in total. The first-order valence-electron chi connectivity index (χ1n) is 6.27. The molecule has 0 saturated heterocycles. The highest BCUT2D eigenvalue weighted by Crippen LogP contribution is 2.24. The molecular weight excluding hydrogens is 244 g/mol. The molecule has 5 heteroatoms. The molecule has 2 aromatic rings. The minimum Gasteiger partial charge on any atom is -0.394 e. The van der Waals surface area contributed by atoms with Crippen molar-refractivity contribution in [1.82, 2.24) is 9.78 Å². The molecule has 2 heterocycles. The van der Waals surface area contributed by atoms with E-state index in [1.165, 1.54) is 10.4 Å². The van der Waals surface area contributed by atoms with Crippen molar-refractivity contribution < 1.29 is 0 Å². The fourth-order valence-corrected chi connectivity index (χ4v) is 2.98. The summed E-state index contributed by atoms with van der Waals surface area (Å²) in [4.78, 5) is 1.37. The Morgan fingerprint density at radius 1 is 1.39 bits per heavy atom. The van der Waals surface area contributed by atoms with Crippen molar-refractivity contribution in [2.24, 2.45) is 7.05 Å². The highest BCUT2D eigenvalue weighted by molar-refractivity contribution is 7.10. The Morgan fingerprint density at radius 2 is 2.17 bits per heavy atom. The van der Waals surface area contributed by atoms with Crippen molar-refractivity contribution in [3.63, 3.8) is 0 Å². The van der Waals surface area contributed by atoms with Gasteiger partial charge >= 0.3 is 0 Å². The number of hydrogen-bond donors (Lipinski definition) is 2. The molecule has 98 valence electrons. The van der Waals surface area contributed by atoms with Crippen LogP contribution < -0.4 is 11.1 Å². The molecule has 0 unspecified atom stereocenters. The van der Waals surface area contributed by atoms with E-state index in [9.17, 15) is 0 Å². The molecule has 0 bridgehead atoms. The average Bonchev–Trinajstić information content (AvgIpc) is 2.92. The lowest BCUT2D eigenvalue weighted by Gasteiger charge is -2.07. The molecule has 2 rings (SSSR count). The highest BCUT2D eigenvalue weighted by Gasteiger charge is 2.12. The summed E-state index contributed by atoms with van der Waals surface area (Å²) in [5.41, 5.74) is 9.22. The van der Waals surface area contributed by atoms with Crippen LogP contribution in [-0.4, -0.2) is 9.78 Å². The normalized spacial score (nSPS) is 10.8. The summed E-state index contributed by atoms with van der Waals surface area (Å²) in [7, 11) is 1.92. The summed E-state index contributed by atoms with van der Waals surface area (Å²) < 4.78 is 1.83. The zero-order valence-corrected chi connectivity index (χ0v) is 12.0. The van der Waals surface area contributed by atoms with Crippen LogP contribution in [0.2, 0.25) is 0 Å². The Morgan fingerprint density at radius 3 is 2.78 bits per heavy atom. The Bertz CT molecular complexity index is 527. The molecule has 0 atom stereocenters.